The number of piperidine rings is 1. The molecule has 1 amide bonds. The van der Waals surface area contributed by atoms with Crippen molar-refractivity contribution in [3.63, 3.8) is 0 Å². The number of nitrogens with zero attached hydrogens (tertiary/aromatic N) is 1. The predicted octanol–water partition coefficient (Wildman–Crippen LogP) is 3.47. The molecule has 1 N–H and O–H groups in total. The van der Waals surface area contributed by atoms with Crippen LogP contribution in [0.25, 0.3) is 0 Å². The molecule has 0 radical (unpaired) electrons. The van der Waals surface area contributed by atoms with E-state index in [2.05, 4.69) is 5.32 Å². The number of hydrogen-bond acceptors (Lipinski definition) is 4. The van der Waals surface area contributed by atoms with E-state index in [1.165, 1.54) is 32.1 Å². The van der Waals surface area contributed by atoms with Crippen LogP contribution in [-0.2, 0) is 9.47 Å². The summed E-state index contributed by atoms with van der Waals surface area (Å²) in [4.78, 5) is 14.0. The number of amides is 1. The van der Waals surface area contributed by atoms with Crippen molar-refractivity contribution in [3.05, 3.63) is 0 Å². The van der Waals surface area contributed by atoms with E-state index in [9.17, 15) is 4.79 Å². The fourth-order valence-corrected chi connectivity index (χ4v) is 4.43. The van der Waals surface area contributed by atoms with Crippen LogP contribution in [0, 0.1) is 0 Å². The van der Waals surface area contributed by atoms with E-state index in [1.54, 1.807) is 0 Å². The largest absolute Gasteiger partial charge is 0.444 e. The molecule has 0 aromatic carbocycles. The second kappa shape index (κ2) is 7.20. The quantitative estimate of drug-likeness (QED) is 0.838. The van der Waals surface area contributed by atoms with Crippen LogP contribution in [-0.4, -0.2) is 54.0 Å². The van der Waals surface area contributed by atoms with E-state index in [1.807, 2.05) is 25.7 Å². The number of ether oxygens (including phenoxy) is 2. The van der Waals surface area contributed by atoms with Gasteiger partial charge in [-0.05, 0) is 59.3 Å². The van der Waals surface area contributed by atoms with Gasteiger partial charge in [0.2, 0.25) is 0 Å². The van der Waals surface area contributed by atoms with Gasteiger partial charge in [-0.15, -0.1) is 0 Å². The maximum absolute atomic E-state index is 12.1. The van der Waals surface area contributed by atoms with E-state index in [0.29, 0.717) is 12.1 Å². The van der Waals surface area contributed by atoms with E-state index in [4.69, 9.17) is 9.47 Å². The van der Waals surface area contributed by atoms with Crippen molar-refractivity contribution in [2.45, 2.75) is 95.4 Å². The minimum Gasteiger partial charge on any atom is -0.444 e. The van der Waals surface area contributed by atoms with Crippen molar-refractivity contribution in [1.82, 2.24) is 10.2 Å². The number of likely N-dealkylation sites (tertiary alicyclic amines) is 1. The lowest BCUT2D eigenvalue weighted by Crippen LogP contribution is -2.52. The van der Waals surface area contributed by atoms with E-state index in [0.717, 1.165) is 39.0 Å². The van der Waals surface area contributed by atoms with Gasteiger partial charge >= 0.3 is 6.09 Å². The average Bonchev–Trinajstić information content (AvgIpc) is 2.94. The third-order valence-corrected chi connectivity index (χ3v) is 5.63. The van der Waals surface area contributed by atoms with Gasteiger partial charge in [0.15, 0.2) is 0 Å². The molecule has 2 saturated heterocycles. The maximum atomic E-state index is 12.1. The first-order valence-electron chi connectivity index (χ1n) is 9.73. The minimum absolute atomic E-state index is 0.170. The van der Waals surface area contributed by atoms with Crippen LogP contribution in [0.15, 0.2) is 0 Å². The predicted molar refractivity (Wildman–Crippen MR) is 94.1 cm³/mol. The number of hydrogen-bond donors (Lipinski definition) is 1. The maximum Gasteiger partial charge on any atom is 0.410 e. The molecule has 3 aliphatic rings. The fraction of sp³-hybridized carbons (Fsp3) is 0.947. The van der Waals surface area contributed by atoms with Gasteiger partial charge in [-0.1, -0.05) is 12.8 Å². The molecule has 0 aromatic heterocycles. The summed E-state index contributed by atoms with van der Waals surface area (Å²) in [5.74, 6) is 0. The molecule has 1 aliphatic carbocycles. The SMILES string of the molecule is CC(C)(C)OC(=O)N1CCC(N[C@H]2CCOC3(CCCC3)C2)CC1. The normalized spacial score (nSPS) is 28.3. The number of rotatable bonds is 2. The lowest BCUT2D eigenvalue weighted by Gasteiger charge is -2.41. The highest BCUT2D eigenvalue weighted by molar-refractivity contribution is 5.68. The van der Waals surface area contributed by atoms with Crippen molar-refractivity contribution in [3.8, 4) is 0 Å². The second-order valence-corrected chi connectivity index (χ2v) is 8.84. The van der Waals surface area contributed by atoms with Crippen molar-refractivity contribution in [1.29, 1.82) is 0 Å². The zero-order valence-electron chi connectivity index (χ0n) is 15.6. The summed E-state index contributed by atoms with van der Waals surface area (Å²) < 4.78 is 11.6. The Morgan fingerprint density at radius 3 is 2.42 bits per heavy atom. The van der Waals surface area contributed by atoms with Crippen LogP contribution in [0.2, 0.25) is 0 Å². The number of nitrogens with one attached hydrogen (secondary N) is 1. The first kappa shape index (κ1) is 18.0. The van der Waals surface area contributed by atoms with Crippen LogP contribution in [0.4, 0.5) is 4.79 Å². The number of carbonyl (C=O) groups excluding carboxylic acids is 1. The smallest absolute Gasteiger partial charge is 0.410 e. The first-order chi connectivity index (χ1) is 11.4. The Hall–Kier alpha value is -0.810. The Balaban J connectivity index is 1.43. The minimum atomic E-state index is -0.413. The van der Waals surface area contributed by atoms with Crippen molar-refractivity contribution in [2.75, 3.05) is 19.7 Å². The van der Waals surface area contributed by atoms with Crippen LogP contribution >= 0.6 is 0 Å². The summed E-state index contributed by atoms with van der Waals surface area (Å²) >= 11 is 0. The number of carbonyl (C=O) groups is 1. The monoisotopic (exact) mass is 338 g/mol. The summed E-state index contributed by atoms with van der Waals surface area (Å²) in [6.07, 6.45) is 9.27. The molecule has 1 atom stereocenters. The third kappa shape index (κ3) is 4.63. The molecule has 1 spiro atoms. The third-order valence-electron chi connectivity index (χ3n) is 5.63. The first-order valence-corrected chi connectivity index (χ1v) is 9.73. The molecule has 0 aromatic rings. The highest BCUT2D eigenvalue weighted by Crippen LogP contribution is 2.40. The molecule has 0 unspecified atom stereocenters. The molecule has 5 nitrogen and oxygen atoms in total. The van der Waals surface area contributed by atoms with E-state index >= 15 is 0 Å². The molecule has 24 heavy (non-hydrogen) atoms. The fourth-order valence-electron chi connectivity index (χ4n) is 4.43. The molecule has 2 heterocycles. The van der Waals surface area contributed by atoms with Gasteiger partial charge in [-0.25, -0.2) is 4.79 Å². The van der Waals surface area contributed by atoms with E-state index in [-0.39, 0.29) is 11.7 Å². The molecule has 3 fully saturated rings. The second-order valence-electron chi connectivity index (χ2n) is 8.84. The van der Waals surface area contributed by atoms with E-state index < -0.39 is 5.60 Å². The molecule has 0 bridgehead atoms. The van der Waals surface area contributed by atoms with Crippen molar-refractivity contribution in [2.24, 2.45) is 0 Å². The standard InChI is InChI=1S/C19H34N2O3/c1-18(2,3)24-17(22)21-11-6-15(7-12-21)20-16-8-13-23-19(14-16)9-4-5-10-19/h15-16,20H,4-14H2,1-3H3/t16-/m0/s1. The zero-order valence-corrected chi connectivity index (χ0v) is 15.6. The Morgan fingerprint density at radius 2 is 1.79 bits per heavy atom. The summed E-state index contributed by atoms with van der Waals surface area (Å²) in [5.41, 5.74) is -0.239. The van der Waals surface area contributed by atoms with Gasteiger partial charge in [0.25, 0.3) is 0 Å². The summed E-state index contributed by atoms with van der Waals surface area (Å²) in [6, 6.07) is 1.10. The summed E-state index contributed by atoms with van der Waals surface area (Å²) in [6.45, 7) is 8.24. The zero-order chi connectivity index (χ0) is 17.2. The van der Waals surface area contributed by atoms with Crippen LogP contribution in [0.3, 0.4) is 0 Å². The topological polar surface area (TPSA) is 50.8 Å². The molecule has 2 aliphatic heterocycles. The van der Waals surface area contributed by atoms with Crippen LogP contribution in [0.1, 0.15) is 72.1 Å². The lowest BCUT2D eigenvalue weighted by atomic mass is 9.88. The molecule has 5 heteroatoms. The van der Waals surface area contributed by atoms with Crippen LogP contribution < -0.4 is 5.32 Å². The lowest BCUT2D eigenvalue weighted by molar-refractivity contribution is -0.0853. The van der Waals surface area contributed by atoms with Crippen LogP contribution in [0.5, 0.6) is 0 Å². The molecular formula is C19H34N2O3. The Bertz CT molecular complexity index is 432. The molecule has 138 valence electrons. The Morgan fingerprint density at radius 1 is 1.12 bits per heavy atom. The van der Waals surface area contributed by atoms with Gasteiger partial charge in [-0.2, -0.15) is 0 Å². The average molecular weight is 338 g/mol. The van der Waals surface area contributed by atoms with Gasteiger partial charge in [0.05, 0.1) is 5.60 Å². The van der Waals surface area contributed by atoms with Gasteiger partial charge in [-0.3, -0.25) is 0 Å². The van der Waals surface area contributed by atoms with Crippen molar-refractivity contribution >= 4 is 6.09 Å². The molecule has 1 saturated carbocycles. The highest BCUT2D eigenvalue weighted by atomic mass is 16.6. The van der Waals surface area contributed by atoms with Gasteiger partial charge < -0.3 is 19.7 Å². The molecule has 3 rings (SSSR count). The Labute approximate surface area is 146 Å². The summed E-state index contributed by atoms with van der Waals surface area (Å²) in [7, 11) is 0. The molecular weight excluding hydrogens is 304 g/mol. The van der Waals surface area contributed by atoms with Gasteiger partial charge in [0.1, 0.15) is 5.60 Å². The van der Waals surface area contributed by atoms with Crippen molar-refractivity contribution < 1.29 is 14.3 Å². The Kier molecular flexibility index (Phi) is 5.40. The highest BCUT2D eigenvalue weighted by Gasteiger charge is 2.40. The summed E-state index contributed by atoms with van der Waals surface area (Å²) in [5, 5.41) is 3.86. The van der Waals surface area contributed by atoms with Gasteiger partial charge in [0, 0.05) is 31.8 Å².